The summed E-state index contributed by atoms with van der Waals surface area (Å²) in [7, 11) is 0. The van der Waals surface area contributed by atoms with Gasteiger partial charge in [0, 0.05) is 10.8 Å². The SMILES string of the molecule is Oc1ccccc1[C@H]1CCCS1. The van der Waals surface area contributed by atoms with E-state index in [1.54, 1.807) is 6.07 Å². The van der Waals surface area contributed by atoms with Crippen LogP contribution in [-0.4, -0.2) is 10.9 Å². The van der Waals surface area contributed by atoms with Crippen LogP contribution >= 0.6 is 11.8 Å². The maximum atomic E-state index is 9.56. The lowest BCUT2D eigenvalue weighted by Crippen LogP contribution is -1.87. The van der Waals surface area contributed by atoms with Crippen molar-refractivity contribution < 1.29 is 5.11 Å². The zero-order valence-electron chi connectivity index (χ0n) is 6.86. The summed E-state index contributed by atoms with van der Waals surface area (Å²) in [6.07, 6.45) is 2.49. The summed E-state index contributed by atoms with van der Waals surface area (Å²) in [5.74, 6) is 1.69. The van der Waals surface area contributed by atoms with E-state index in [9.17, 15) is 5.11 Å². The Kier molecular flexibility index (Phi) is 2.26. The quantitative estimate of drug-likeness (QED) is 0.717. The van der Waals surface area contributed by atoms with Gasteiger partial charge in [-0.2, -0.15) is 11.8 Å². The van der Waals surface area contributed by atoms with Crippen molar-refractivity contribution >= 4 is 11.8 Å². The third-order valence-electron chi connectivity index (χ3n) is 2.21. The Morgan fingerprint density at radius 2 is 2.17 bits per heavy atom. The first-order valence-electron chi connectivity index (χ1n) is 4.27. The highest BCUT2D eigenvalue weighted by molar-refractivity contribution is 7.99. The van der Waals surface area contributed by atoms with Gasteiger partial charge in [-0.05, 0) is 24.7 Å². The second-order valence-corrected chi connectivity index (χ2v) is 4.37. The van der Waals surface area contributed by atoms with Gasteiger partial charge in [0.05, 0.1) is 0 Å². The van der Waals surface area contributed by atoms with Gasteiger partial charge in [0.15, 0.2) is 0 Å². The lowest BCUT2D eigenvalue weighted by molar-refractivity contribution is 0.467. The molecule has 1 fully saturated rings. The predicted molar refractivity (Wildman–Crippen MR) is 52.5 cm³/mol. The summed E-state index contributed by atoms with van der Waals surface area (Å²) in [5.41, 5.74) is 1.11. The Labute approximate surface area is 76.8 Å². The number of phenols is 1. The van der Waals surface area contributed by atoms with Crippen LogP contribution in [0.3, 0.4) is 0 Å². The third-order valence-corrected chi connectivity index (χ3v) is 3.63. The van der Waals surface area contributed by atoms with Crippen LogP contribution in [0, 0.1) is 0 Å². The van der Waals surface area contributed by atoms with Crippen LogP contribution in [0.4, 0.5) is 0 Å². The molecule has 0 amide bonds. The van der Waals surface area contributed by atoms with Gasteiger partial charge in [-0.15, -0.1) is 0 Å². The Hall–Kier alpha value is -0.630. The Balaban J connectivity index is 2.26. The normalized spacial score (nSPS) is 22.8. The fraction of sp³-hybridized carbons (Fsp3) is 0.400. The standard InChI is InChI=1S/C10H12OS/c11-9-5-2-1-4-8(9)10-6-3-7-12-10/h1-2,4-5,10-11H,3,6-7H2/t10-/m1/s1. The van der Waals surface area contributed by atoms with Crippen LogP contribution < -0.4 is 0 Å². The molecular formula is C10H12OS. The highest BCUT2D eigenvalue weighted by atomic mass is 32.2. The van der Waals surface area contributed by atoms with E-state index in [4.69, 9.17) is 0 Å². The van der Waals surface area contributed by atoms with Crippen LogP contribution in [0.15, 0.2) is 24.3 Å². The lowest BCUT2D eigenvalue weighted by atomic mass is 10.1. The van der Waals surface area contributed by atoms with E-state index in [2.05, 4.69) is 0 Å². The fourth-order valence-electron chi connectivity index (χ4n) is 1.58. The van der Waals surface area contributed by atoms with E-state index >= 15 is 0 Å². The van der Waals surface area contributed by atoms with Crippen molar-refractivity contribution in [3.8, 4) is 5.75 Å². The van der Waals surface area contributed by atoms with Crippen molar-refractivity contribution in [3.63, 3.8) is 0 Å². The summed E-state index contributed by atoms with van der Waals surface area (Å²) in [4.78, 5) is 0. The number of rotatable bonds is 1. The van der Waals surface area contributed by atoms with Gasteiger partial charge >= 0.3 is 0 Å². The van der Waals surface area contributed by atoms with Crippen molar-refractivity contribution in [2.24, 2.45) is 0 Å². The molecular weight excluding hydrogens is 168 g/mol. The van der Waals surface area contributed by atoms with Crippen LogP contribution in [0.1, 0.15) is 23.7 Å². The molecule has 1 aliphatic heterocycles. The summed E-state index contributed by atoms with van der Waals surface area (Å²) in [5, 5.41) is 10.1. The highest BCUT2D eigenvalue weighted by Crippen LogP contribution is 2.42. The second-order valence-electron chi connectivity index (χ2n) is 3.06. The van der Waals surface area contributed by atoms with Gasteiger partial charge in [-0.3, -0.25) is 0 Å². The molecule has 0 radical (unpaired) electrons. The van der Waals surface area contributed by atoms with Crippen molar-refractivity contribution in [1.29, 1.82) is 0 Å². The molecule has 0 aliphatic carbocycles. The number of aromatic hydroxyl groups is 1. The minimum absolute atomic E-state index is 0.455. The number of hydrogen-bond donors (Lipinski definition) is 1. The molecule has 0 bridgehead atoms. The summed E-state index contributed by atoms with van der Waals surface area (Å²) in [6, 6.07) is 7.67. The molecule has 12 heavy (non-hydrogen) atoms. The maximum Gasteiger partial charge on any atom is 0.119 e. The second kappa shape index (κ2) is 3.40. The third kappa shape index (κ3) is 1.44. The molecule has 1 heterocycles. The fourth-order valence-corrected chi connectivity index (χ4v) is 2.91. The number of hydrogen-bond acceptors (Lipinski definition) is 2. The minimum Gasteiger partial charge on any atom is -0.508 e. The molecule has 2 rings (SSSR count). The van der Waals surface area contributed by atoms with Gasteiger partial charge in [0.25, 0.3) is 0 Å². The maximum absolute atomic E-state index is 9.56. The molecule has 64 valence electrons. The molecule has 0 aromatic heterocycles. The smallest absolute Gasteiger partial charge is 0.119 e. The van der Waals surface area contributed by atoms with Crippen molar-refractivity contribution in [3.05, 3.63) is 29.8 Å². The number of thioether (sulfide) groups is 1. The number of benzene rings is 1. The van der Waals surface area contributed by atoms with Crippen molar-refractivity contribution in [1.82, 2.24) is 0 Å². The molecule has 1 N–H and O–H groups in total. The Morgan fingerprint density at radius 1 is 1.33 bits per heavy atom. The van der Waals surface area contributed by atoms with E-state index in [-0.39, 0.29) is 0 Å². The average Bonchev–Trinajstić information content (AvgIpc) is 2.57. The molecule has 2 heteroatoms. The zero-order valence-corrected chi connectivity index (χ0v) is 7.68. The molecule has 0 saturated carbocycles. The Morgan fingerprint density at radius 3 is 2.83 bits per heavy atom. The number of phenolic OH excluding ortho intramolecular Hbond substituents is 1. The molecule has 1 aromatic carbocycles. The topological polar surface area (TPSA) is 20.2 Å². The molecule has 1 nitrogen and oxygen atoms in total. The van der Waals surface area contributed by atoms with E-state index in [1.165, 1.54) is 18.6 Å². The van der Waals surface area contributed by atoms with Gasteiger partial charge < -0.3 is 5.11 Å². The first-order chi connectivity index (χ1) is 5.88. The largest absolute Gasteiger partial charge is 0.508 e. The summed E-state index contributed by atoms with van der Waals surface area (Å²) < 4.78 is 0. The lowest BCUT2D eigenvalue weighted by Gasteiger charge is -2.09. The first-order valence-corrected chi connectivity index (χ1v) is 5.32. The van der Waals surface area contributed by atoms with E-state index in [0.29, 0.717) is 11.0 Å². The van der Waals surface area contributed by atoms with Gasteiger partial charge in [-0.25, -0.2) is 0 Å². The van der Waals surface area contributed by atoms with Gasteiger partial charge in [0.2, 0.25) is 0 Å². The Bertz CT molecular complexity index is 266. The molecule has 1 aliphatic rings. The van der Waals surface area contributed by atoms with E-state index in [1.807, 2.05) is 30.0 Å². The predicted octanol–water partition coefficient (Wildman–Crippen LogP) is 2.96. The van der Waals surface area contributed by atoms with Gasteiger partial charge in [-0.1, -0.05) is 18.2 Å². The van der Waals surface area contributed by atoms with Crippen LogP contribution in [0.2, 0.25) is 0 Å². The van der Waals surface area contributed by atoms with Crippen molar-refractivity contribution in [2.45, 2.75) is 18.1 Å². The monoisotopic (exact) mass is 180 g/mol. The first kappa shape index (κ1) is 7.99. The molecule has 0 unspecified atom stereocenters. The van der Waals surface area contributed by atoms with Gasteiger partial charge in [0.1, 0.15) is 5.75 Å². The molecule has 1 aromatic rings. The highest BCUT2D eigenvalue weighted by Gasteiger charge is 2.19. The molecule has 0 spiro atoms. The average molecular weight is 180 g/mol. The van der Waals surface area contributed by atoms with E-state index < -0.39 is 0 Å². The van der Waals surface area contributed by atoms with Crippen molar-refractivity contribution in [2.75, 3.05) is 5.75 Å². The molecule has 1 saturated heterocycles. The number of para-hydroxylation sites is 1. The summed E-state index contributed by atoms with van der Waals surface area (Å²) >= 11 is 1.95. The van der Waals surface area contributed by atoms with Crippen LogP contribution in [0.5, 0.6) is 5.75 Å². The van der Waals surface area contributed by atoms with Crippen LogP contribution in [0.25, 0.3) is 0 Å². The zero-order chi connectivity index (χ0) is 8.39. The van der Waals surface area contributed by atoms with E-state index in [0.717, 1.165) is 5.56 Å². The summed E-state index contributed by atoms with van der Waals surface area (Å²) in [6.45, 7) is 0. The minimum atomic E-state index is 0.455. The van der Waals surface area contributed by atoms with Crippen LogP contribution in [-0.2, 0) is 0 Å². The molecule has 1 atom stereocenters.